The number of nitrogen functional groups attached to an aromatic ring is 1. The van der Waals surface area contributed by atoms with E-state index in [9.17, 15) is 9.90 Å². The lowest BCUT2D eigenvalue weighted by atomic mass is 9.94. The van der Waals surface area contributed by atoms with Crippen LogP contribution in [-0.2, 0) is 0 Å². The molecule has 0 amide bonds. The highest BCUT2D eigenvalue weighted by Gasteiger charge is 2.14. The zero-order chi connectivity index (χ0) is 18.8. The topological polar surface area (TPSA) is 81.1 Å². The molecule has 1 aromatic heterocycles. The summed E-state index contributed by atoms with van der Waals surface area (Å²) in [5, 5.41) is 9.60. The van der Waals surface area contributed by atoms with E-state index in [-0.39, 0.29) is 5.56 Å². The van der Waals surface area contributed by atoms with Crippen molar-refractivity contribution in [3.63, 3.8) is 0 Å². The number of fused-ring (bicyclic) bond motifs is 1. The summed E-state index contributed by atoms with van der Waals surface area (Å²) >= 11 is 0. The van der Waals surface area contributed by atoms with E-state index >= 15 is 0 Å². The quantitative estimate of drug-likeness (QED) is 0.424. The normalized spacial score (nSPS) is 10.4. The predicted octanol–water partition coefficient (Wildman–Crippen LogP) is 3.84. The van der Waals surface area contributed by atoms with E-state index in [0.717, 1.165) is 16.6 Å². The van der Waals surface area contributed by atoms with Crippen LogP contribution in [0.3, 0.4) is 0 Å². The monoisotopic (exact) mass is 353 g/mol. The lowest BCUT2D eigenvalue weighted by Crippen LogP contribution is -2.01. The van der Waals surface area contributed by atoms with Crippen molar-refractivity contribution in [1.29, 1.82) is 0 Å². The van der Waals surface area contributed by atoms with Gasteiger partial charge in [0.1, 0.15) is 6.33 Å². The number of carbonyl (C=O) groups is 1. The fourth-order valence-corrected chi connectivity index (χ4v) is 2.99. The van der Waals surface area contributed by atoms with Gasteiger partial charge in [0, 0.05) is 22.9 Å². The van der Waals surface area contributed by atoms with Gasteiger partial charge >= 0.3 is 5.97 Å². The molecule has 5 heteroatoms. The number of carboxylic acids is 1. The molecule has 0 unspecified atom stereocenters. The highest BCUT2D eigenvalue weighted by molar-refractivity contribution is 5.97. The second kappa shape index (κ2) is 6.70. The number of nitrogens with two attached hydrogens (primary N) is 1. The molecule has 0 aliphatic rings. The fraction of sp³-hybridized carbons (Fsp3) is 0. The predicted molar refractivity (Wildman–Crippen MR) is 105 cm³/mol. The van der Waals surface area contributed by atoms with Crippen LogP contribution in [0.5, 0.6) is 0 Å². The highest BCUT2D eigenvalue weighted by Crippen LogP contribution is 2.27. The van der Waals surface area contributed by atoms with Gasteiger partial charge in [0.2, 0.25) is 0 Å². The molecule has 0 aliphatic carbocycles. The van der Waals surface area contributed by atoms with E-state index < -0.39 is 5.97 Å². The Bertz CT molecular complexity index is 1210. The van der Waals surface area contributed by atoms with Gasteiger partial charge in [0.15, 0.2) is 0 Å². The van der Waals surface area contributed by atoms with Crippen LogP contribution in [0.15, 0.2) is 73.1 Å². The molecule has 1 heterocycles. The number of hydrogen-bond donors (Lipinski definition) is 2. The lowest BCUT2D eigenvalue weighted by Gasteiger charge is -2.09. The molecule has 27 heavy (non-hydrogen) atoms. The maximum Gasteiger partial charge on any atom is 0.336 e. The van der Waals surface area contributed by atoms with Crippen molar-refractivity contribution in [1.82, 2.24) is 9.55 Å². The van der Waals surface area contributed by atoms with Crippen molar-refractivity contribution < 1.29 is 9.90 Å². The van der Waals surface area contributed by atoms with Gasteiger partial charge in [-0.3, -0.25) is 4.57 Å². The Morgan fingerprint density at radius 3 is 2.63 bits per heavy atom. The van der Waals surface area contributed by atoms with Gasteiger partial charge in [0.25, 0.3) is 0 Å². The summed E-state index contributed by atoms with van der Waals surface area (Å²) < 4.78 is 1.71. The summed E-state index contributed by atoms with van der Waals surface area (Å²) in [7, 11) is 0. The Hall–Kier alpha value is -4.04. The average molecular weight is 353 g/mol. The summed E-state index contributed by atoms with van der Waals surface area (Å²) in [6.07, 6.45) is 1.63. The van der Waals surface area contributed by atoms with Crippen LogP contribution in [0.2, 0.25) is 0 Å². The molecule has 0 atom stereocenters. The number of benzene rings is 3. The zero-order valence-electron chi connectivity index (χ0n) is 14.3. The summed E-state index contributed by atoms with van der Waals surface area (Å²) in [6.45, 7) is 0. The minimum atomic E-state index is -0.985. The Morgan fingerprint density at radius 1 is 1.04 bits per heavy atom. The molecule has 0 fully saturated rings. The summed E-state index contributed by atoms with van der Waals surface area (Å²) in [6, 6.07) is 23.0. The largest absolute Gasteiger partial charge is 0.478 e. The minimum Gasteiger partial charge on any atom is -0.478 e. The smallest absolute Gasteiger partial charge is 0.336 e. The maximum atomic E-state index is 11.7. The molecule has 4 rings (SSSR count). The third-order valence-electron chi connectivity index (χ3n) is 4.24. The molecule has 5 nitrogen and oxygen atoms in total. The Labute approximate surface area is 155 Å². The molecule has 4 aromatic rings. The molecule has 0 saturated carbocycles. The van der Waals surface area contributed by atoms with Crippen LogP contribution in [0, 0.1) is 12.0 Å². The first-order chi connectivity index (χ1) is 13.1. The van der Waals surface area contributed by atoms with Gasteiger partial charge < -0.3 is 10.8 Å². The zero-order valence-corrected chi connectivity index (χ0v) is 14.3. The minimum absolute atomic E-state index is 0.219. The second-order valence-electron chi connectivity index (χ2n) is 6.00. The number of nitrogens with zero attached hydrogens (tertiary/aromatic N) is 2. The molecular weight excluding hydrogens is 338 g/mol. The average Bonchev–Trinajstić information content (AvgIpc) is 3.08. The molecule has 0 spiro atoms. The first-order valence-electron chi connectivity index (χ1n) is 8.30. The third kappa shape index (κ3) is 3.12. The number of aromatic carboxylic acids is 1. The van der Waals surface area contributed by atoms with Gasteiger partial charge in [-0.1, -0.05) is 36.4 Å². The summed E-state index contributed by atoms with van der Waals surface area (Å²) in [5.74, 6) is 2.11. The van der Waals surface area contributed by atoms with Gasteiger partial charge in [-0.05, 0) is 41.8 Å². The molecule has 3 N–H and O–H groups in total. The van der Waals surface area contributed by atoms with E-state index in [4.69, 9.17) is 5.73 Å². The summed E-state index contributed by atoms with van der Waals surface area (Å²) in [5.41, 5.74) is 10.3. The van der Waals surface area contributed by atoms with Crippen molar-refractivity contribution in [3.8, 4) is 23.1 Å². The van der Waals surface area contributed by atoms with Gasteiger partial charge in [-0.15, -0.1) is 0 Å². The number of hydrogen-bond acceptors (Lipinski definition) is 3. The van der Waals surface area contributed by atoms with E-state index in [1.165, 1.54) is 0 Å². The number of aromatic nitrogens is 2. The molecular formula is C22H15N3O2. The number of rotatable bonds is 2. The Morgan fingerprint density at radius 2 is 1.85 bits per heavy atom. The number of anilines is 1. The fourth-order valence-electron chi connectivity index (χ4n) is 2.99. The molecule has 3 aromatic carbocycles. The number of carboxylic acid groups (broad SMARTS) is 1. The Balaban J connectivity index is 1.87. The van der Waals surface area contributed by atoms with Crippen LogP contribution in [0.4, 0.5) is 5.69 Å². The van der Waals surface area contributed by atoms with Crippen molar-refractivity contribution >= 4 is 22.7 Å². The standard InChI is InChI=1S/C22H15N3O2/c23-17-9-10-20-19(13-17)24-14-25(20)12-11-16-7-4-8-18(22(26)27)21(16)15-5-2-1-3-6-15/h1-10,13-14H,23H2,(H,26,27). The first kappa shape index (κ1) is 16.4. The van der Waals surface area contributed by atoms with Crippen LogP contribution in [0.25, 0.3) is 22.2 Å². The Kier molecular flexibility index (Phi) is 4.07. The van der Waals surface area contributed by atoms with Crippen molar-refractivity contribution in [2.75, 3.05) is 5.73 Å². The highest BCUT2D eigenvalue weighted by atomic mass is 16.4. The van der Waals surface area contributed by atoms with Crippen molar-refractivity contribution in [2.45, 2.75) is 0 Å². The molecule has 0 bridgehead atoms. The van der Waals surface area contributed by atoms with Crippen LogP contribution >= 0.6 is 0 Å². The van der Waals surface area contributed by atoms with Crippen LogP contribution < -0.4 is 5.73 Å². The molecule has 0 saturated heterocycles. The van der Waals surface area contributed by atoms with Gasteiger partial charge in [-0.2, -0.15) is 0 Å². The first-order valence-corrected chi connectivity index (χ1v) is 8.30. The van der Waals surface area contributed by atoms with E-state index in [2.05, 4.69) is 16.9 Å². The summed E-state index contributed by atoms with van der Waals surface area (Å²) in [4.78, 5) is 16.0. The molecule has 130 valence electrons. The maximum absolute atomic E-state index is 11.7. The van der Waals surface area contributed by atoms with Gasteiger partial charge in [0.05, 0.1) is 16.6 Å². The number of imidazole rings is 1. The van der Waals surface area contributed by atoms with Crippen molar-refractivity contribution in [3.05, 3.63) is 84.2 Å². The lowest BCUT2D eigenvalue weighted by molar-refractivity contribution is 0.0697. The van der Waals surface area contributed by atoms with E-state index in [1.54, 1.807) is 35.2 Å². The van der Waals surface area contributed by atoms with E-state index in [0.29, 0.717) is 16.8 Å². The SMILES string of the molecule is Nc1ccc2c(c1)ncn2C#Cc1cccc(C(=O)O)c1-c1ccccc1. The van der Waals surface area contributed by atoms with Crippen LogP contribution in [0.1, 0.15) is 15.9 Å². The van der Waals surface area contributed by atoms with E-state index in [1.807, 2.05) is 42.5 Å². The third-order valence-corrected chi connectivity index (χ3v) is 4.24. The van der Waals surface area contributed by atoms with Crippen LogP contribution in [-0.4, -0.2) is 20.6 Å². The van der Waals surface area contributed by atoms with Crippen molar-refractivity contribution in [2.24, 2.45) is 0 Å². The molecule has 0 aliphatic heterocycles. The second-order valence-corrected chi connectivity index (χ2v) is 6.00. The molecule has 0 radical (unpaired) electrons. The van der Waals surface area contributed by atoms with Gasteiger partial charge in [-0.25, -0.2) is 9.78 Å².